The molecule has 0 aromatic heterocycles. The summed E-state index contributed by atoms with van der Waals surface area (Å²) in [5, 5.41) is 8.81. The predicted octanol–water partition coefficient (Wildman–Crippen LogP) is 2.47. The van der Waals surface area contributed by atoms with Crippen LogP contribution in [0.25, 0.3) is 0 Å². The van der Waals surface area contributed by atoms with Gasteiger partial charge in [0.1, 0.15) is 0 Å². The molecule has 72 valence electrons. The van der Waals surface area contributed by atoms with Crippen LogP contribution in [0.1, 0.15) is 24.0 Å². The van der Waals surface area contributed by atoms with E-state index in [1.54, 1.807) is 0 Å². The van der Waals surface area contributed by atoms with Crippen molar-refractivity contribution < 1.29 is 0 Å². The van der Waals surface area contributed by atoms with Gasteiger partial charge in [-0.3, -0.25) is 0 Å². The molecular weight excluding hydrogens is 172 g/mol. The molecule has 1 aromatic rings. The van der Waals surface area contributed by atoms with E-state index in [-0.39, 0.29) is 0 Å². The van der Waals surface area contributed by atoms with Crippen molar-refractivity contribution >= 4 is 5.69 Å². The van der Waals surface area contributed by atoms with Gasteiger partial charge in [0.05, 0.1) is 11.6 Å². The molecule has 0 atom stereocenters. The van der Waals surface area contributed by atoms with E-state index >= 15 is 0 Å². The van der Waals surface area contributed by atoms with E-state index in [9.17, 15) is 0 Å². The van der Waals surface area contributed by atoms with Gasteiger partial charge in [0.25, 0.3) is 0 Å². The summed E-state index contributed by atoms with van der Waals surface area (Å²) in [6.45, 7) is 1.99. The first-order valence-corrected chi connectivity index (χ1v) is 4.96. The Kier molecular flexibility index (Phi) is 2.17. The number of hydrogen-bond acceptors (Lipinski definition) is 2. The van der Waals surface area contributed by atoms with Gasteiger partial charge >= 0.3 is 0 Å². The van der Waals surface area contributed by atoms with Gasteiger partial charge in [-0.15, -0.1) is 0 Å². The van der Waals surface area contributed by atoms with Gasteiger partial charge in [-0.25, -0.2) is 0 Å². The third-order valence-electron chi connectivity index (χ3n) is 2.83. The molecule has 0 aliphatic heterocycles. The van der Waals surface area contributed by atoms with Gasteiger partial charge < -0.3 is 4.90 Å². The minimum absolute atomic E-state index is 0.724. The molecule has 0 amide bonds. The molecule has 0 radical (unpaired) electrons. The summed E-state index contributed by atoms with van der Waals surface area (Å²) in [4.78, 5) is 2.30. The van der Waals surface area contributed by atoms with Gasteiger partial charge in [0, 0.05) is 18.8 Å². The number of anilines is 1. The van der Waals surface area contributed by atoms with Crippen molar-refractivity contribution in [2.45, 2.75) is 25.8 Å². The lowest BCUT2D eigenvalue weighted by atomic mass is 10.1. The van der Waals surface area contributed by atoms with Crippen LogP contribution in [-0.4, -0.2) is 13.1 Å². The number of nitriles is 1. The summed E-state index contributed by atoms with van der Waals surface area (Å²) in [6, 6.07) is 8.94. The lowest BCUT2D eigenvalue weighted by Crippen LogP contribution is -2.19. The molecule has 1 aromatic carbocycles. The maximum Gasteiger partial charge on any atom is 0.0994 e. The molecule has 2 nitrogen and oxygen atoms in total. The monoisotopic (exact) mass is 186 g/mol. The number of benzene rings is 1. The molecule has 2 rings (SSSR count). The largest absolute Gasteiger partial charge is 0.372 e. The molecule has 0 N–H and O–H groups in total. The average Bonchev–Trinajstić information content (AvgIpc) is 3.00. The Morgan fingerprint density at radius 2 is 2.14 bits per heavy atom. The molecule has 1 aliphatic rings. The van der Waals surface area contributed by atoms with Crippen molar-refractivity contribution in [3.05, 3.63) is 29.3 Å². The lowest BCUT2D eigenvalue weighted by Gasteiger charge is -2.19. The summed E-state index contributed by atoms with van der Waals surface area (Å²) >= 11 is 0. The van der Waals surface area contributed by atoms with Crippen molar-refractivity contribution in [3.8, 4) is 6.07 Å². The Morgan fingerprint density at radius 3 is 2.64 bits per heavy atom. The van der Waals surface area contributed by atoms with E-state index in [1.807, 2.05) is 19.1 Å². The second kappa shape index (κ2) is 3.34. The number of rotatable bonds is 2. The zero-order chi connectivity index (χ0) is 10.1. The third kappa shape index (κ3) is 1.58. The molecule has 0 spiro atoms. The maximum absolute atomic E-state index is 8.81. The summed E-state index contributed by atoms with van der Waals surface area (Å²) < 4.78 is 0. The highest BCUT2D eigenvalue weighted by Gasteiger charge is 2.26. The normalized spacial score (nSPS) is 14.9. The highest BCUT2D eigenvalue weighted by Crippen LogP contribution is 2.30. The summed E-state index contributed by atoms with van der Waals surface area (Å²) in [5.74, 6) is 0. The zero-order valence-corrected chi connectivity index (χ0v) is 8.62. The van der Waals surface area contributed by atoms with Crippen LogP contribution in [0.4, 0.5) is 5.69 Å². The van der Waals surface area contributed by atoms with E-state index in [0.29, 0.717) is 0 Å². The molecule has 2 heteroatoms. The summed E-state index contributed by atoms with van der Waals surface area (Å²) in [6.07, 6.45) is 2.60. The topological polar surface area (TPSA) is 27.0 Å². The van der Waals surface area contributed by atoms with Crippen LogP contribution in [0.5, 0.6) is 0 Å². The molecule has 0 unspecified atom stereocenters. The van der Waals surface area contributed by atoms with Gasteiger partial charge in [0.2, 0.25) is 0 Å². The SMILES string of the molecule is Cc1cc(N(C)C2CC2)ccc1C#N. The molecule has 1 aliphatic carbocycles. The minimum atomic E-state index is 0.724. The fourth-order valence-corrected chi connectivity index (χ4v) is 1.67. The molecule has 14 heavy (non-hydrogen) atoms. The van der Waals surface area contributed by atoms with Crippen LogP contribution < -0.4 is 4.90 Å². The van der Waals surface area contributed by atoms with Crippen LogP contribution in [0, 0.1) is 18.3 Å². The molecular formula is C12H14N2. The quantitative estimate of drug-likeness (QED) is 0.709. The van der Waals surface area contributed by atoms with E-state index in [0.717, 1.165) is 17.2 Å². The molecule has 0 saturated heterocycles. The second-order valence-corrected chi connectivity index (χ2v) is 3.95. The molecule has 0 heterocycles. The van der Waals surface area contributed by atoms with Crippen LogP contribution in [0.2, 0.25) is 0 Å². The Labute approximate surface area is 84.8 Å². The van der Waals surface area contributed by atoms with Crippen molar-refractivity contribution in [1.82, 2.24) is 0 Å². The number of nitrogens with zero attached hydrogens (tertiary/aromatic N) is 2. The Bertz CT molecular complexity index is 386. The number of hydrogen-bond donors (Lipinski definition) is 0. The van der Waals surface area contributed by atoms with Gasteiger partial charge in [0.15, 0.2) is 0 Å². The lowest BCUT2D eigenvalue weighted by molar-refractivity contribution is 0.916. The zero-order valence-electron chi connectivity index (χ0n) is 8.62. The first-order valence-electron chi connectivity index (χ1n) is 4.96. The molecule has 1 saturated carbocycles. The molecule has 0 bridgehead atoms. The van der Waals surface area contributed by atoms with Crippen LogP contribution in [0.15, 0.2) is 18.2 Å². The third-order valence-corrected chi connectivity index (χ3v) is 2.83. The van der Waals surface area contributed by atoms with Crippen LogP contribution in [0.3, 0.4) is 0 Å². The van der Waals surface area contributed by atoms with Crippen molar-refractivity contribution in [1.29, 1.82) is 5.26 Å². The smallest absolute Gasteiger partial charge is 0.0994 e. The maximum atomic E-state index is 8.81. The Hall–Kier alpha value is -1.49. The van der Waals surface area contributed by atoms with Crippen molar-refractivity contribution in [3.63, 3.8) is 0 Å². The summed E-state index contributed by atoms with van der Waals surface area (Å²) in [7, 11) is 2.12. The standard InChI is InChI=1S/C12H14N2/c1-9-7-12(4-3-10(9)8-13)14(2)11-5-6-11/h3-4,7,11H,5-6H2,1-2H3. The average molecular weight is 186 g/mol. The van der Waals surface area contributed by atoms with Crippen LogP contribution in [-0.2, 0) is 0 Å². The van der Waals surface area contributed by atoms with E-state index in [1.165, 1.54) is 18.5 Å². The Balaban J connectivity index is 2.28. The highest BCUT2D eigenvalue weighted by molar-refractivity contribution is 5.54. The van der Waals surface area contributed by atoms with Gasteiger partial charge in [-0.2, -0.15) is 5.26 Å². The fraction of sp³-hybridized carbons (Fsp3) is 0.417. The van der Waals surface area contributed by atoms with Gasteiger partial charge in [-0.1, -0.05) is 0 Å². The van der Waals surface area contributed by atoms with Crippen LogP contribution >= 0.6 is 0 Å². The van der Waals surface area contributed by atoms with E-state index < -0.39 is 0 Å². The first-order chi connectivity index (χ1) is 6.72. The van der Waals surface area contributed by atoms with Crippen molar-refractivity contribution in [2.24, 2.45) is 0 Å². The second-order valence-electron chi connectivity index (χ2n) is 3.95. The minimum Gasteiger partial charge on any atom is -0.372 e. The Morgan fingerprint density at radius 1 is 1.43 bits per heavy atom. The van der Waals surface area contributed by atoms with E-state index in [4.69, 9.17) is 5.26 Å². The van der Waals surface area contributed by atoms with Crippen molar-refractivity contribution in [2.75, 3.05) is 11.9 Å². The predicted molar refractivity (Wildman–Crippen MR) is 57.3 cm³/mol. The summed E-state index contributed by atoms with van der Waals surface area (Å²) in [5.41, 5.74) is 3.07. The fourth-order valence-electron chi connectivity index (χ4n) is 1.67. The number of aryl methyl sites for hydroxylation is 1. The highest BCUT2D eigenvalue weighted by atomic mass is 15.2. The molecule has 1 fully saturated rings. The first kappa shape index (κ1) is 9.08. The van der Waals surface area contributed by atoms with Gasteiger partial charge in [-0.05, 0) is 43.5 Å². The van der Waals surface area contributed by atoms with E-state index in [2.05, 4.69) is 24.1 Å².